The van der Waals surface area contributed by atoms with Gasteiger partial charge in [-0.3, -0.25) is 0 Å². The lowest BCUT2D eigenvalue weighted by atomic mass is 10.0. The van der Waals surface area contributed by atoms with Gasteiger partial charge in [-0.1, -0.05) is 30.3 Å². The van der Waals surface area contributed by atoms with Crippen LogP contribution in [0.2, 0.25) is 0 Å². The van der Waals surface area contributed by atoms with Gasteiger partial charge in [0.25, 0.3) is 0 Å². The molecule has 3 heteroatoms. The minimum atomic E-state index is -0.0224. The molecule has 0 saturated heterocycles. The Kier molecular flexibility index (Phi) is 4.55. The predicted molar refractivity (Wildman–Crippen MR) is 78.2 cm³/mol. The zero-order valence-electron chi connectivity index (χ0n) is 11.1. The van der Waals surface area contributed by atoms with Gasteiger partial charge in [0.1, 0.15) is 11.5 Å². The molecule has 0 aliphatic rings. The summed E-state index contributed by atoms with van der Waals surface area (Å²) in [6, 6.07) is 17.6. The van der Waals surface area contributed by atoms with E-state index in [0.29, 0.717) is 0 Å². The Morgan fingerprint density at radius 2 is 1.47 bits per heavy atom. The lowest BCUT2D eigenvalue weighted by molar-refractivity contribution is 0.482. The van der Waals surface area contributed by atoms with Gasteiger partial charge in [-0.15, -0.1) is 0 Å². The van der Waals surface area contributed by atoms with E-state index in [1.807, 2.05) is 61.5 Å². The van der Waals surface area contributed by atoms with Crippen LogP contribution in [0, 0.1) is 0 Å². The zero-order valence-corrected chi connectivity index (χ0v) is 11.1. The van der Waals surface area contributed by atoms with Crippen LogP contribution >= 0.6 is 0 Å². The Labute approximate surface area is 114 Å². The van der Waals surface area contributed by atoms with Crippen molar-refractivity contribution in [2.24, 2.45) is 11.5 Å². The van der Waals surface area contributed by atoms with Crippen LogP contribution in [0.4, 0.5) is 0 Å². The Morgan fingerprint density at radius 3 is 2.05 bits per heavy atom. The maximum absolute atomic E-state index is 6.08. The monoisotopic (exact) mass is 256 g/mol. The standard InChI is InChI=1S/C16H20N2O/c1-12(17)11-16(18)13-7-9-15(10-8-13)19-14-5-3-2-4-6-14/h2-10,12,16H,11,17-18H2,1H3. The fourth-order valence-electron chi connectivity index (χ4n) is 1.94. The summed E-state index contributed by atoms with van der Waals surface area (Å²) in [5, 5.41) is 0. The van der Waals surface area contributed by atoms with E-state index in [-0.39, 0.29) is 12.1 Å². The quantitative estimate of drug-likeness (QED) is 0.863. The van der Waals surface area contributed by atoms with E-state index < -0.39 is 0 Å². The van der Waals surface area contributed by atoms with Crippen LogP contribution in [0.5, 0.6) is 11.5 Å². The summed E-state index contributed by atoms with van der Waals surface area (Å²) < 4.78 is 5.73. The molecule has 0 heterocycles. The molecule has 0 radical (unpaired) electrons. The van der Waals surface area contributed by atoms with Gasteiger partial charge in [0.2, 0.25) is 0 Å². The van der Waals surface area contributed by atoms with E-state index in [0.717, 1.165) is 23.5 Å². The summed E-state index contributed by atoms with van der Waals surface area (Å²) in [5.74, 6) is 1.64. The predicted octanol–water partition coefficient (Wildman–Crippen LogP) is 3.22. The number of hydrogen-bond acceptors (Lipinski definition) is 3. The first-order valence-electron chi connectivity index (χ1n) is 6.49. The Hall–Kier alpha value is -1.84. The van der Waals surface area contributed by atoms with Crippen molar-refractivity contribution in [1.29, 1.82) is 0 Å². The third-order valence-electron chi connectivity index (χ3n) is 2.91. The van der Waals surface area contributed by atoms with E-state index in [2.05, 4.69) is 0 Å². The van der Waals surface area contributed by atoms with Gasteiger partial charge in [-0.25, -0.2) is 0 Å². The third kappa shape index (κ3) is 4.09. The molecule has 2 rings (SSSR count). The molecule has 2 aromatic rings. The Morgan fingerprint density at radius 1 is 0.895 bits per heavy atom. The molecule has 0 bridgehead atoms. The molecule has 2 unspecified atom stereocenters. The number of benzene rings is 2. The molecular formula is C16H20N2O. The SMILES string of the molecule is CC(N)CC(N)c1ccc(Oc2ccccc2)cc1. The van der Waals surface area contributed by atoms with Crippen molar-refractivity contribution in [3.8, 4) is 11.5 Å². The van der Waals surface area contributed by atoms with Gasteiger partial charge in [-0.05, 0) is 43.2 Å². The largest absolute Gasteiger partial charge is 0.457 e. The fraction of sp³-hybridized carbons (Fsp3) is 0.250. The lowest BCUT2D eigenvalue weighted by Gasteiger charge is -2.15. The second kappa shape index (κ2) is 6.36. The van der Waals surface area contributed by atoms with E-state index in [1.165, 1.54) is 0 Å². The van der Waals surface area contributed by atoms with E-state index in [9.17, 15) is 0 Å². The van der Waals surface area contributed by atoms with Crippen molar-refractivity contribution in [3.05, 3.63) is 60.2 Å². The third-order valence-corrected chi connectivity index (χ3v) is 2.91. The van der Waals surface area contributed by atoms with Crippen molar-refractivity contribution in [2.75, 3.05) is 0 Å². The van der Waals surface area contributed by atoms with Crippen LogP contribution in [0.1, 0.15) is 24.9 Å². The molecule has 100 valence electrons. The first kappa shape index (κ1) is 13.6. The second-order valence-electron chi connectivity index (χ2n) is 4.80. The molecule has 19 heavy (non-hydrogen) atoms. The first-order chi connectivity index (χ1) is 9.15. The lowest BCUT2D eigenvalue weighted by Crippen LogP contribution is -2.23. The minimum absolute atomic E-state index is 0.0224. The maximum Gasteiger partial charge on any atom is 0.127 e. The summed E-state index contributed by atoms with van der Waals surface area (Å²) in [5.41, 5.74) is 12.9. The number of hydrogen-bond donors (Lipinski definition) is 2. The van der Waals surface area contributed by atoms with Crippen molar-refractivity contribution in [2.45, 2.75) is 25.4 Å². The zero-order chi connectivity index (χ0) is 13.7. The summed E-state index contributed by atoms with van der Waals surface area (Å²) in [6.07, 6.45) is 0.777. The molecular weight excluding hydrogens is 236 g/mol. The summed E-state index contributed by atoms with van der Waals surface area (Å²) >= 11 is 0. The highest BCUT2D eigenvalue weighted by molar-refractivity contribution is 5.33. The van der Waals surface area contributed by atoms with E-state index in [1.54, 1.807) is 0 Å². The molecule has 0 aliphatic carbocycles. The summed E-state index contributed by atoms with van der Waals surface area (Å²) in [4.78, 5) is 0. The summed E-state index contributed by atoms with van der Waals surface area (Å²) in [6.45, 7) is 1.97. The molecule has 0 aromatic heterocycles. The van der Waals surface area contributed by atoms with Crippen LogP contribution in [0.25, 0.3) is 0 Å². The number of nitrogens with two attached hydrogens (primary N) is 2. The van der Waals surface area contributed by atoms with Crippen LogP contribution in [0.3, 0.4) is 0 Å². The Balaban J connectivity index is 2.02. The highest BCUT2D eigenvalue weighted by Crippen LogP contribution is 2.23. The molecule has 4 N–H and O–H groups in total. The Bertz CT molecular complexity index is 494. The van der Waals surface area contributed by atoms with Gasteiger partial charge < -0.3 is 16.2 Å². The molecule has 3 nitrogen and oxygen atoms in total. The van der Waals surface area contributed by atoms with Crippen molar-refractivity contribution < 1.29 is 4.74 Å². The molecule has 0 saturated carbocycles. The van der Waals surface area contributed by atoms with Crippen LogP contribution in [-0.2, 0) is 0 Å². The molecule has 2 atom stereocenters. The molecule has 2 aromatic carbocycles. The van der Waals surface area contributed by atoms with Gasteiger partial charge in [0, 0.05) is 12.1 Å². The van der Waals surface area contributed by atoms with Gasteiger partial charge in [0.15, 0.2) is 0 Å². The normalized spacial score (nSPS) is 13.8. The van der Waals surface area contributed by atoms with Crippen LogP contribution < -0.4 is 16.2 Å². The minimum Gasteiger partial charge on any atom is -0.457 e. The highest BCUT2D eigenvalue weighted by Gasteiger charge is 2.08. The van der Waals surface area contributed by atoms with Crippen LogP contribution in [0.15, 0.2) is 54.6 Å². The van der Waals surface area contributed by atoms with E-state index >= 15 is 0 Å². The van der Waals surface area contributed by atoms with Crippen molar-refractivity contribution in [1.82, 2.24) is 0 Å². The van der Waals surface area contributed by atoms with Crippen molar-refractivity contribution >= 4 is 0 Å². The van der Waals surface area contributed by atoms with E-state index in [4.69, 9.17) is 16.2 Å². The highest BCUT2D eigenvalue weighted by atomic mass is 16.5. The van der Waals surface area contributed by atoms with Gasteiger partial charge >= 0.3 is 0 Å². The number of para-hydroxylation sites is 1. The first-order valence-corrected chi connectivity index (χ1v) is 6.49. The maximum atomic E-state index is 6.08. The number of ether oxygens (including phenoxy) is 1. The molecule has 0 amide bonds. The average Bonchev–Trinajstić information content (AvgIpc) is 2.40. The van der Waals surface area contributed by atoms with Crippen LogP contribution in [-0.4, -0.2) is 6.04 Å². The number of rotatable bonds is 5. The smallest absolute Gasteiger partial charge is 0.127 e. The fourth-order valence-corrected chi connectivity index (χ4v) is 1.94. The van der Waals surface area contributed by atoms with Gasteiger partial charge in [-0.2, -0.15) is 0 Å². The second-order valence-corrected chi connectivity index (χ2v) is 4.80. The molecule has 0 spiro atoms. The summed E-state index contributed by atoms with van der Waals surface area (Å²) in [7, 11) is 0. The molecule has 0 fully saturated rings. The average molecular weight is 256 g/mol. The molecule has 0 aliphatic heterocycles. The van der Waals surface area contributed by atoms with Gasteiger partial charge in [0.05, 0.1) is 0 Å². The topological polar surface area (TPSA) is 61.3 Å². The van der Waals surface area contributed by atoms with Crippen molar-refractivity contribution in [3.63, 3.8) is 0 Å².